The largest absolute Gasteiger partial charge is 0.444 e. The molecular weight excluding hydrogens is 316 g/mol. The molecule has 0 aliphatic heterocycles. The van der Waals surface area contributed by atoms with Gasteiger partial charge in [-0.05, 0) is 57.2 Å². The van der Waals surface area contributed by atoms with Crippen LogP contribution in [0.4, 0.5) is 4.79 Å². The van der Waals surface area contributed by atoms with Crippen LogP contribution >= 0.6 is 0 Å². The molecule has 0 heterocycles. The molecule has 2 atom stereocenters. The van der Waals surface area contributed by atoms with E-state index in [4.69, 9.17) is 4.74 Å². The molecule has 1 aliphatic carbocycles. The minimum atomic E-state index is -0.512. The van der Waals surface area contributed by atoms with Gasteiger partial charge in [-0.25, -0.2) is 4.79 Å². The van der Waals surface area contributed by atoms with Crippen LogP contribution in [0, 0.1) is 5.92 Å². The van der Waals surface area contributed by atoms with E-state index in [-0.39, 0.29) is 11.9 Å². The van der Waals surface area contributed by atoms with E-state index in [0.29, 0.717) is 18.0 Å². The monoisotopic (exact) mass is 346 g/mol. The summed E-state index contributed by atoms with van der Waals surface area (Å²) < 4.78 is 5.20. The Hall–Kier alpha value is -2.04. The second-order valence-corrected chi connectivity index (χ2v) is 7.89. The summed E-state index contributed by atoms with van der Waals surface area (Å²) in [5, 5.41) is 5.87. The van der Waals surface area contributed by atoms with E-state index in [1.165, 1.54) is 19.3 Å². The highest BCUT2D eigenvalue weighted by atomic mass is 16.6. The van der Waals surface area contributed by atoms with Gasteiger partial charge in [0.2, 0.25) is 0 Å². The quantitative estimate of drug-likeness (QED) is 0.865. The Kier molecular flexibility index (Phi) is 6.45. The molecule has 0 radical (unpaired) electrons. The smallest absolute Gasteiger partial charge is 0.407 e. The number of amides is 2. The van der Waals surface area contributed by atoms with Crippen LogP contribution in [0.15, 0.2) is 24.3 Å². The van der Waals surface area contributed by atoms with Gasteiger partial charge in [0.25, 0.3) is 5.91 Å². The lowest BCUT2D eigenvalue weighted by molar-refractivity contribution is 0.0523. The lowest BCUT2D eigenvalue weighted by atomic mass is 9.86. The highest BCUT2D eigenvalue weighted by Gasteiger charge is 2.23. The van der Waals surface area contributed by atoms with Crippen molar-refractivity contribution in [1.82, 2.24) is 10.6 Å². The molecule has 0 spiro atoms. The van der Waals surface area contributed by atoms with E-state index < -0.39 is 11.7 Å². The molecule has 2 N–H and O–H groups in total. The lowest BCUT2D eigenvalue weighted by Crippen LogP contribution is -2.41. The van der Waals surface area contributed by atoms with Gasteiger partial charge < -0.3 is 15.4 Å². The third kappa shape index (κ3) is 6.40. The summed E-state index contributed by atoms with van der Waals surface area (Å²) >= 11 is 0. The zero-order chi connectivity index (χ0) is 18.4. The first-order chi connectivity index (χ1) is 11.7. The van der Waals surface area contributed by atoms with E-state index in [2.05, 4.69) is 17.6 Å². The minimum Gasteiger partial charge on any atom is -0.444 e. The summed E-state index contributed by atoms with van der Waals surface area (Å²) in [6.45, 7) is 8.06. The molecular formula is C20H30N2O3. The third-order valence-electron chi connectivity index (χ3n) is 4.48. The van der Waals surface area contributed by atoms with E-state index in [1.54, 1.807) is 12.1 Å². The molecule has 1 saturated carbocycles. The molecule has 2 amide bonds. The Labute approximate surface area is 150 Å². The first-order valence-electron chi connectivity index (χ1n) is 9.11. The Morgan fingerprint density at radius 1 is 1.12 bits per heavy atom. The molecule has 2 rings (SSSR count). The van der Waals surface area contributed by atoms with Gasteiger partial charge in [0.05, 0.1) is 0 Å². The molecule has 0 unspecified atom stereocenters. The Morgan fingerprint density at radius 3 is 2.36 bits per heavy atom. The summed E-state index contributed by atoms with van der Waals surface area (Å²) in [6, 6.07) is 7.59. The minimum absolute atomic E-state index is 0.0228. The van der Waals surface area contributed by atoms with Gasteiger partial charge in [-0.15, -0.1) is 0 Å². The number of carbonyl (C=O) groups is 2. The van der Waals surface area contributed by atoms with Crippen molar-refractivity contribution in [1.29, 1.82) is 0 Å². The van der Waals surface area contributed by atoms with Crippen molar-refractivity contribution in [3.05, 3.63) is 35.4 Å². The molecule has 25 heavy (non-hydrogen) atoms. The summed E-state index contributed by atoms with van der Waals surface area (Å²) in [5.41, 5.74) is 1.06. The first kappa shape index (κ1) is 19.3. The van der Waals surface area contributed by atoms with Crippen molar-refractivity contribution in [3.63, 3.8) is 0 Å². The number of rotatable bonds is 4. The maximum atomic E-state index is 12.4. The van der Waals surface area contributed by atoms with Crippen LogP contribution in [-0.2, 0) is 11.3 Å². The van der Waals surface area contributed by atoms with Crippen LogP contribution in [0.2, 0.25) is 0 Å². The number of carbonyl (C=O) groups excluding carboxylic acids is 2. The molecule has 1 aliphatic rings. The van der Waals surface area contributed by atoms with Crippen LogP contribution in [0.1, 0.15) is 69.3 Å². The number of ether oxygens (including phenoxy) is 1. The number of benzene rings is 1. The second kappa shape index (κ2) is 8.37. The number of hydrogen-bond donors (Lipinski definition) is 2. The number of nitrogens with one attached hydrogen (secondary N) is 2. The lowest BCUT2D eigenvalue weighted by Gasteiger charge is -2.29. The molecule has 0 bridgehead atoms. The fourth-order valence-electron chi connectivity index (χ4n) is 3.04. The van der Waals surface area contributed by atoms with Crippen molar-refractivity contribution in [3.8, 4) is 0 Å². The van der Waals surface area contributed by atoms with Crippen molar-refractivity contribution < 1.29 is 14.3 Å². The van der Waals surface area contributed by atoms with E-state index >= 15 is 0 Å². The number of alkyl carbamates (subject to hydrolysis) is 1. The average molecular weight is 346 g/mol. The van der Waals surface area contributed by atoms with Crippen LogP contribution in [-0.4, -0.2) is 23.6 Å². The SMILES string of the molecule is C[C@@H]1CCCC[C@H]1NC(=O)c1ccc(CNC(=O)OC(C)(C)C)cc1. The molecule has 1 fully saturated rings. The fourth-order valence-corrected chi connectivity index (χ4v) is 3.04. The summed E-state index contributed by atoms with van der Waals surface area (Å²) in [4.78, 5) is 24.1. The standard InChI is InChI=1S/C20H30N2O3/c1-14-7-5-6-8-17(14)22-18(23)16-11-9-15(10-12-16)13-21-19(24)25-20(2,3)4/h9-12,14,17H,5-8,13H2,1-4H3,(H,21,24)(H,22,23)/t14-,17-/m1/s1. The highest BCUT2D eigenvalue weighted by Crippen LogP contribution is 2.24. The van der Waals surface area contributed by atoms with E-state index in [1.807, 2.05) is 32.9 Å². The van der Waals surface area contributed by atoms with Gasteiger partial charge in [-0.1, -0.05) is 31.9 Å². The molecule has 1 aromatic rings. The molecule has 138 valence electrons. The van der Waals surface area contributed by atoms with Crippen molar-refractivity contribution in [2.75, 3.05) is 0 Å². The van der Waals surface area contributed by atoms with Crippen LogP contribution in [0.25, 0.3) is 0 Å². The van der Waals surface area contributed by atoms with Crippen molar-refractivity contribution >= 4 is 12.0 Å². The highest BCUT2D eigenvalue weighted by molar-refractivity contribution is 5.94. The van der Waals surface area contributed by atoms with Gasteiger partial charge in [0, 0.05) is 18.2 Å². The van der Waals surface area contributed by atoms with Gasteiger partial charge in [-0.3, -0.25) is 4.79 Å². The topological polar surface area (TPSA) is 67.4 Å². The summed E-state index contributed by atoms with van der Waals surface area (Å²) in [5.74, 6) is 0.514. The second-order valence-electron chi connectivity index (χ2n) is 7.89. The van der Waals surface area contributed by atoms with Crippen LogP contribution in [0.5, 0.6) is 0 Å². The van der Waals surface area contributed by atoms with Crippen LogP contribution < -0.4 is 10.6 Å². The Bertz CT molecular complexity index is 590. The normalized spacial score (nSPS) is 20.6. The average Bonchev–Trinajstić information content (AvgIpc) is 2.54. The van der Waals surface area contributed by atoms with E-state index in [0.717, 1.165) is 12.0 Å². The maximum Gasteiger partial charge on any atom is 0.407 e. The zero-order valence-electron chi connectivity index (χ0n) is 15.7. The van der Waals surface area contributed by atoms with Gasteiger partial charge in [-0.2, -0.15) is 0 Å². The Balaban J connectivity index is 1.84. The number of hydrogen-bond acceptors (Lipinski definition) is 3. The van der Waals surface area contributed by atoms with E-state index in [9.17, 15) is 9.59 Å². The van der Waals surface area contributed by atoms with Gasteiger partial charge >= 0.3 is 6.09 Å². The summed E-state index contributed by atoms with van der Waals surface area (Å²) in [7, 11) is 0. The molecule has 0 saturated heterocycles. The van der Waals surface area contributed by atoms with Crippen molar-refractivity contribution in [2.45, 2.75) is 71.6 Å². The zero-order valence-corrected chi connectivity index (χ0v) is 15.7. The van der Waals surface area contributed by atoms with Gasteiger partial charge in [0.1, 0.15) is 5.60 Å². The van der Waals surface area contributed by atoms with Crippen LogP contribution in [0.3, 0.4) is 0 Å². The predicted octanol–water partition coefficient (Wildman–Crippen LogP) is 4.02. The summed E-state index contributed by atoms with van der Waals surface area (Å²) in [6.07, 6.45) is 4.24. The molecule has 5 nitrogen and oxygen atoms in total. The van der Waals surface area contributed by atoms with Gasteiger partial charge in [0.15, 0.2) is 0 Å². The fraction of sp³-hybridized carbons (Fsp3) is 0.600. The molecule has 0 aromatic heterocycles. The third-order valence-corrected chi connectivity index (χ3v) is 4.48. The maximum absolute atomic E-state index is 12.4. The molecule has 5 heteroatoms. The van der Waals surface area contributed by atoms with Crippen molar-refractivity contribution in [2.24, 2.45) is 5.92 Å². The Morgan fingerprint density at radius 2 is 1.76 bits per heavy atom. The first-order valence-corrected chi connectivity index (χ1v) is 9.11. The molecule has 1 aromatic carbocycles. The predicted molar refractivity (Wildman–Crippen MR) is 98.4 cm³/mol.